The first kappa shape index (κ1) is 12.7. The molecule has 2 heterocycles. The standard InChI is InChI=1S/C12H12F3N3S/c13-12(14,15)8-1-2-10-9(7-8)17-11(19-10)18-5-3-16-4-6-18/h1-2,7,16H,3-6H2. The summed E-state index contributed by atoms with van der Waals surface area (Å²) in [7, 11) is 0. The number of alkyl halides is 3. The SMILES string of the molecule is FC(F)(F)c1ccc2sc(N3CCNCC3)nc2c1. The number of nitrogens with zero attached hydrogens (tertiary/aromatic N) is 2. The molecule has 19 heavy (non-hydrogen) atoms. The summed E-state index contributed by atoms with van der Waals surface area (Å²) in [6, 6.07) is 3.74. The van der Waals surface area contributed by atoms with E-state index in [4.69, 9.17) is 0 Å². The Morgan fingerprint density at radius 1 is 1.21 bits per heavy atom. The van der Waals surface area contributed by atoms with Crippen LogP contribution < -0.4 is 10.2 Å². The molecular formula is C12H12F3N3S. The van der Waals surface area contributed by atoms with E-state index >= 15 is 0 Å². The third kappa shape index (κ3) is 2.52. The van der Waals surface area contributed by atoms with Crippen LogP contribution in [0.3, 0.4) is 0 Å². The van der Waals surface area contributed by atoms with Gasteiger partial charge in [-0.3, -0.25) is 0 Å². The minimum Gasteiger partial charge on any atom is -0.346 e. The summed E-state index contributed by atoms with van der Waals surface area (Å²) in [6.07, 6.45) is -4.31. The molecule has 0 radical (unpaired) electrons. The Morgan fingerprint density at radius 2 is 1.95 bits per heavy atom. The Kier molecular flexibility index (Phi) is 3.10. The third-order valence-electron chi connectivity index (χ3n) is 3.09. The Morgan fingerprint density at radius 3 is 2.63 bits per heavy atom. The first-order valence-corrected chi connectivity index (χ1v) is 6.79. The monoisotopic (exact) mass is 287 g/mol. The molecule has 1 saturated heterocycles. The van der Waals surface area contributed by atoms with E-state index in [0.717, 1.165) is 48.1 Å². The summed E-state index contributed by atoms with van der Waals surface area (Å²) < 4.78 is 38.7. The van der Waals surface area contributed by atoms with E-state index < -0.39 is 11.7 Å². The van der Waals surface area contributed by atoms with Crippen LogP contribution in [0.4, 0.5) is 18.3 Å². The minimum atomic E-state index is -4.31. The number of fused-ring (bicyclic) bond motifs is 1. The van der Waals surface area contributed by atoms with Gasteiger partial charge in [0.1, 0.15) is 0 Å². The van der Waals surface area contributed by atoms with E-state index in [-0.39, 0.29) is 0 Å². The van der Waals surface area contributed by atoms with Crippen molar-refractivity contribution in [3.05, 3.63) is 23.8 Å². The normalized spacial score (nSPS) is 17.1. The van der Waals surface area contributed by atoms with E-state index in [1.165, 1.54) is 17.4 Å². The van der Waals surface area contributed by atoms with Crippen LogP contribution in [0.1, 0.15) is 5.56 Å². The average molecular weight is 287 g/mol. The van der Waals surface area contributed by atoms with Crippen molar-refractivity contribution in [1.82, 2.24) is 10.3 Å². The van der Waals surface area contributed by atoms with Gasteiger partial charge in [0, 0.05) is 26.2 Å². The first-order valence-electron chi connectivity index (χ1n) is 5.97. The fraction of sp³-hybridized carbons (Fsp3) is 0.417. The molecule has 3 rings (SSSR count). The third-order valence-corrected chi connectivity index (χ3v) is 4.19. The van der Waals surface area contributed by atoms with Crippen LogP contribution in [-0.4, -0.2) is 31.2 Å². The second kappa shape index (κ2) is 4.64. The van der Waals surface area contributed by atoms with Crippen LogP contribution >= 0.6 is 11.3 Å². The highest BCUT2D eigenvalue weighted by Gasteiger charge is 2.31. The lowest BCUT2D eigenvalue weighted by atomic mass is 10.2. The van der Waals surface area contributed by atoms with Crippen LogP contribution in [-0.2, 0) is 6.18 Å². The zero-order valence-corrected chi connectivity index (χ0v) is 10.8. The lowest BCUT2D eigenvalue weighted by Crippen LogP contribution is -2.43. The Bertz CT molecular complexity index is 587. The molecule has 1 N–H and O–H groups in total. The molecule has 3 nitrogen and oxygen atoms in total. The lowest BCUT2D eigenvalue weighted by molar-refractivity contribution is -0.137. The molecule has 1 aromatic carbocycles. The summed E-state index contributed by atoms with van der Waals surface area (Å²) in [5.74, 6) is 0. The van der Waals surface area contributed by atoms with E-state index in [0.29, 0.717) is 5.52 Å². The molecule has 1 aliphatic heterocycles. The molecule has 1 aliphatic rings. The van der Waals surface area contributed by atoms with E-state index in [2.05, 4.69) is 15.2 Å². The first-order chi connectivity index (χ1) is 9.04. The highest BCUT2D eigenvalue weighted by atomic mass is 32.1. The molecule has 0 amide bonds. The molecule has 102 valence electrons. The van der Waals surface area contributed by atoms with Crippen LogP contribution in [0.15, 0.2) is 18.2 Å². The molecule has 2 aromatic rings. The highest BCUT2D eigenvalue weighted by Crippen LogP contribution is 2.34. The summed E-state index contributed by atoms with van der Waals surface area (Å²) in [5, 5.41) is 4.04. The number of nitrogens with one attached hydrogen (secondary N) is 1. The highest BCUT2D eigenvalue weighted by molar-refractivity contribution is 7.22. The Balaban J connectivity index is 1.96. The summed E-state index contributed by atoms with van der Waals surface area (Å²) >= 11 is 1.44. The number of rotatable bonds is 1. The molecule has 0 unspecified atom stereocenters. The van der Waals surface area contributed by atoms with Crippen LogP contribution in [0.25, 0.3) is 10.2 Å². The van der Waals surface area contributed by atoms with Crippen LogP contribution in [0.5, 0.6) is 0 Å². The van der Waals surface area contributed by atoms with Crippen molar-refractivity contribution in [2.24, 2.45) is 0 Å². The predicted octanol–water partition coefficient (Wildman–Crippen LogP) is 2.72. The van der Waals surface area contributed by atoms with Gasteiger partial charge in [0.05, 0.1) is 15.8 Å². The fourth-order valence-corrected chi connectivity index (χ4v) is 3.08. The van der Waals surface area contributed by atoms with Crippen molar-refractivity contribution < 1.29 is 13.2 Å². The van der Waals surface area contributed by atoms with E-state index in [1.54, 1.807) is 0 Å². The van der Waals surface area contributed by atoms with Gasteiger partial charge in [-0.15, -0.1) is 0 Å². The molecule has 1 fully saturated rings. The molecule has 1 aromatic heterocycles. The quantitative estimate of drug-likeness (QED) is 0.874. The maximum Gasteiger partial charge on any atom is 0.416 e. The minimum absolute atomic E-state index is 0.424. The van der Waals surface area contributed by atoms with Crippen LogP contribution in [0, 0.1) is 0 Å². The number of hydrogen-bond donors (Lipinski definition) is 1. The van der Waals surface area contributed by atoms with E-state index in [9.17, 15) is 13.2 Å². The number of benzene rings is 1. The fourth-order valence-electron chi connectivity index (χ4n) is 2.08. The van der Waals surface area contributed by atoms with Crippen molar-refractivity contribution in [2.75, 3.05) is 31.1 Å². The molecule has 0 saturated carbocycles. The smallest absolute Gasteiger partial charge is 0.346 e. The van der Waals surface area contributed by atoms with Gasteiger partial charge >= 0.3 is 6.18 Å². The van der Waals surface area contributed by atoms with E-state index in [1.807, 2.05) is 0 Å². The molecular weight excluding hydrogens is 275 g/mol. The van der Waals surface area contributed by atoms with Gasteiger partial charge in [0.25, 0.3) is 0 Å². The van der Waals surface area contributed by atoms with Crippen molar-refractivity contribution in [2.45, 2.75) is 6.18 Å². The maximum absolute atomic E-state index is 12.6. The largest absolute Gasteiger partial charge is 0.416 e. The van der Waals surface area contributed by atoms with Gasteiger partial charge < -0.3 is 10.2 Å². The Hall–Kier alpha value is -1.34. The average Bonchev–Trinajstić information content (AvgIpc) is 2.81. The maximum atomic E-state index is 12.6. The molecule has 0 spiro atoms. The topological polar surface area (TPSA) is 28.2 Å². The summed E-state index contributed by atoms with van der Waals surface area (Å²) in [4.78, 5) is 6.43. The number of anilines is 1. The van der Waals surface area contributed by atoms with Crippen molar-refractivity contribution in [3.63, 3.8) is 0 Å². The zero-order chi connectivity index (χ0) is 13.5. The number of thiazole rings is 1. The number of halogens is 3. The number of piperazine rings is 1. The van der Waals surface area contributed by atoms with Gasteiger partial charge in [-0.25, -0.2) is 4.98 Å². The zero-order valence-electron chi connectivity index (χ0n) is 10.00. The van der Waals surface area contributed by atoms with Crippen molar-refractivity contribution in [1.29, 1.82) is 0 Å². The summed E-state index contributed by atoms with van der Waals surface area (Å²) in [5.41, 5.74) is -0.217. The van der Waals surface area contributed by atoms with Crippen molar-refractivity contribution in [3.8, 4) is 0 Å². The number of hydrogen-bond acceptors (Lipinski definition) is 4. The second-order valence-corrected chi connectivity index (χ2v) is 5.42. The van der Waals surface area contributed by atoms with Gasteiger partial charge in [-0.05, 0) is 18.2 Å². The molecule has 0 bridgehead atoms. The molecule has 7 heteroatoms. The van der Waals surface area contributed by atoms with Gasteiger partial charge in [0.15, 0.2) is 5.13 Å². The number of aromatic nitrogens is 1. The molecule has 0 atom stereocenters. The Labute approximate surface area is 112 Å². The molecule has 0 aliphatic carbocycles. The van der Waals surface area contributed by atoms with Gasteiger partial charge in [0.2, 0.25) is 0 Å². The van der Waals surface area contributed by atoms with Gasteiger partial charge in [-0.2, -0.15) is 13.2 Å². The van der Waals surface area contributed by atoms with Crippen molar-refractivity contribution >= 4 is 26.7 Å². The second-order valence-electron chi connectivity index (χ2n) is 4.41. The van der Waals surface area contributed by atoms with Gasteiger partial charge in [-0.1, -0.05) is 11.3 Å². The lowest BCUT2D eigenvalue weighted by Gasteiger charge is -2.26. The predicted molar refractivity (Wildman–Crippen MR) is 69.7 cm³/mol. The summed E-state index contributed by atoms with van der Waals surface area (Å²) in [6.45, 7) is 3.44. The van der Waals surface area contributed by atoms with Crippen LogP contribution in [0.2, 0.25) is 0 Å².